The zero-order chi connectivity index (χ0) is 20.3. The van der Waals surface area contributed by atoms with Crippen LogP contribution in [0, 0.1) is 0 Å². The Morgan fingerprint density at radius 1 is 0.964 bits per heavy atom. The Labute approximate surface area is 165 Å². The lowest BCUT2D eigenvalue weighted by Crippen LogP contribution is -2.24. The maximum Gasteiger partial charge on any atom is 0.239 e. The summed E-state index contributed by atoms with van der Waals surface area (Å²) in [5.74, 6) is 0.791. The van der Waals surface area contributed by atoms with Crippen molar-refractivity contribution in [3.63, 3.8) is 0 Å². The van der Waals surface area contributed by atoms with Gasteiger partial charge >= 0.3 is 0 Å². The van der Waals surface area contributed by atoms with Gasteiger partial charge in [-0.05, 0) is 50.8 Å². The minimum Gasteiger partial charge on any atom is -0.358 e. The second kappa shape index (κ2) is 8.17. The van der Waals surface area contributed by atoms with Crippen molar-refractivity contribution in [2.24, 2.45) is 5.14 Å². The van der Waals surface area contributed by atoms with Crippen molar-refractivity contribution in [3.8, 4) is 11.1 Å². The summed E-state index contributed by atoms with van der Waals surface area (Å²) in [6.45, 7) is 1.88. The van der Waals surface area contributed by atoms with Gasteiger partial charge in [-0.2, -0.15) is 0 Å². The maximum absolute atomic E-state index is 11.6. The van der Waals surface area contributed by atoms with Crippen molar-refractivity contribution in [2.45, 2.75) is 11.3 Å². The fraction of sp³-hybridized carbons (Fsp3) is 0.316. The van der Waals surface area contributed by atoms with Crippen LogP contribution in [-0.2, 0) is 10.0 Å². The molecule has 0 atom stereocenters. The van der Waals surface area contributed by atoms with Gasteiger partial charge in [0, 0.05) is 31.5 Å². The maximum atomic E-state index is 11.6. The summed E-state index contributed by atoms with van der Waals surface area (Å²) in [7, 11) is 2.29. The molecule has 2 aromatic heterocycles. The predicted molar refractivity (Wildman–Crippen MR) is 111 cm³/mol. The fourth-order valence-electron chi connectivity index (χ4n) is 2.84. The van der Waals surface area contributed by atoms with Crippen LogP contribution in [0.1, 0.15) is 6.42 Å². The monoisotopic (exact) mass is 400 g/mol. The number of pyridine rings is 1. The molecule has 8 nitrogen and oxygen atoms in total. The third-order valence-corrected chi connectivity index (χ3v) is 5.27. The zero-order valence-electron chi connectivity index (χ0n) is 16.2. The first kappa shape index (κ1) is 20.1. The van der Waals surface area contributed by atoms with Gasteiger partial charge in [-0.25, -0.2) is 18.5 Å². The van der Waals surface area contributed by atoms with Gasteiger partial charge in [0.1, 0.15) is 10.7 Å². The van der Waals surface area contributed by atoms with Gasteiger partial charge in [-0.3, -0.25) is 9.97 Å². The van der Waals surface area contributed by atoms with E-state index in [1.807, 2.05) is 25.2 Å². The molecule has 0 saturated heterocycles. The van der Waals surface area contributed by atoms with E-state index in [9.17, 15) is 8.42 Å². The molecule has 0 aliphatic carbocycles. The van der Waals surface area contributed by atoms with Crippen LogP contribution in [0.15, 0.2) is 47.8 Å². The van der Waals surface area contributed by atoms with Crippen molar-refractivity contribution in [1.82, 2.24) is 19.9 Å². The standard InChI is InChI=1S/C19H24N6O2S/c1-24(2)7-4-8-25(3)19-13-22-17-6-5-14(10-18(17)23-19)15-9-16(12-21-11-15)28(20,26)27/h5-6,9-13H,4,7-8H2,1-3H3,(H2,20,26,27). The van der Waals surface area contributed by atoms with Gasteiger partial charge in [0.15, 0.2) is 0 Å². The number of nitrogens with two attached hydrogens (primary N) is 1. The lowest BCUT2D eigenvalue weighted by Gasteiger charge is -2.19. The Kier molecular flexibility index (Phi) is 5.87. The summed E-state index contributed by atoms with van der Waals surface area (Å²) in [6.07, 6.45) is 5.62. The molecule has 3 aromatic rings. The first-order valence-corrected chi connectivity index (χ1v) is 10.4. The predicted octanol–water partition coefficient (Wildman–Crippen LogP) is 1.73. The van der Waals surface area contributed by atoms with E-state index >= 15 is 0 Å². The van der Waals surface area contributed by atoms with Crippen LogP contribution in [0.2, 0.25) is 0 Å². The highest BCUT2D eigenvalue weighted by Gasteiger charge is 2.11. The summed E-state index contributed by atoms with van der Waals surface area (Å²) >= 11 is 0. The second-order valence-electron chi connectivity index (χ2n) is 6.96. The molecular weight excluding hydrogens is 376 g/mol. The molecule has 0 radical (unpaired) electrons. The zero-order valence-corrected chi connectivity index (χ0v) is 17.0. The quantitative estimate of drug-likeness (QED) is 0.644. The molecule has 0 saturated carbocycles. The van der Waals surface area contributed by atoms with Crippen LogP contribution in [-0.4, -0.2) is 62.5 Å². The van der Waals surface area contributed by atoms with E-state index in [4.69, 9.17) is 10.1 Å². The normalized spacial score (nSPS) is 11.9. The molecule has 0 aliphatic rings. The van der Waals surface area contributed by atoms with Crippen LogP contribution in [0.5, 0.6) is 0 Å². The number of sulfonamides is 1. The summed E-state index contributed by atoms with van der Waals surface area (Å²) in [6, 6.07) is 7.11. The number of nitrogens with zero attached hydrogens (tertiary/aromatic N) is 5. The van der Waals surface area contributed by atoms with E-state index in [-0.39, 0.29) is 4.90 Å². The minimum absolute atomic E-state index is 0.0226. The van der Waals surface area contributed by atoms with E-state index in [0.717, 1.165) is 41.9 Å². The van der Waals surface area contributed by atoms with E-state index in [1.165, 1.54) is 12.3 Å². The van der Waals surface area contributed by atoms with Gasteiger partial charge in [-0.1, -0.05) is 6.07 Å². The Morgan fingerprint density at radius 3 is 2.46 bits per heavy atom. The first-order valence-electron chi connectivity index (χ1n) is 8.85. The Morgan fingerprint density at radius 2 is 1.75 bits per heavy atom. The number of hydrogen-bond acceptors (Lipinski definition) is 7. The number of rotatable bonds is 7. The van der Waals surface area contributed by atoms with Gasteiger partial charge in [0.05, 0.1) is 17.2 Å². The van der Waals surface area contributed by atoms with Crippen LogP contribution >= 0.6 is 0 Å². The van der Waals surface area contributed by atoms with E-state index in [0.29, 0.717) is 5.56 Å². The number of fused-ring (bicyclic) bond motifs is 1. The molecule has 0 fully saturated rings. The Bertz CT molecular complexity index is 1080. The van der Waals surface area contributed by atoms with E-state index in [1.54, 1.807) is 12.4 Å². The average Bonchev–Trinajstić information content (AvgIpc) is 2.66. The lowest BCUT2D eigenvalue weighted by atomic mass is 10.1. The molecule has 148 valence electrons. The number of anilines is 1. The first-order chi connectivity index (χ1) is 13.2. The third kappa shape index (κ3) is 4.80. The number of benzene rings is 1. The molecule has 0 unspecified atom stereocenters. The van der Waals surface area contributed by atoms with E-state index < -0.39 is 10.0 Å². The van der Waals surface area contributed by atoms with Crippen molar-refractivity contribution < 1.29 is 8.42 Å². The summed E-state index contributed by atoms with van der Waals surface area (Å²) in [4.78, 5) is 17.4. The highest BCUT2D eigenvalue weighted by atomic mass is 32.2. The number of aromatic nitrogens is 3. The highest BCUT2D eigenvalue weighted by molar-refractivity contribution is 7.89. The second-order valence-corrected chi connectivity index (χ2v) is 8.53. The lowest BCUT2D eigenvalue weighted by molar-refractivity contribution is 0.401. The average molecular weight is 401 g/mol. The summed E-state index contributed by atoms with van der Waals surface area (Å²) in [5, 5.41) is 5.21. The van der Waals surface area contributed by atoms with E-state index in [2.05, 4.69) is 33.9 Å². The molecule has 2 N–H and O–H groups in total. The Hall–Kier alpha value is -2.62. The minimum atomic E-state index is -3.81. The Balaban J connectivity index is 1.90. The SMILES string of the molecule is CN(C)CCCN(C)c1cnc2ccc(-c3cncc(S(N)(=O)=O)c3)cc2n1. The summed E-state index contributed by atoms with van der Waals surface area (Å²) in [5.41, 5.74) is 2.95. The number of hydrogen-bond donors (Lipinski definition) is 1. The molecular formula is C19H24N6O2S. The molecule has 0 amide bonds. The molecule has 1 aromatic carbocycles. The van der Waals surface area contributed by atoms with Crippen LogP contribution < -0.4 is 10.0 Å². The number of primary sulfonamides is 1. The van der Waals surface area contributed by atoms with Crippen molar-refractivity contribution >= 4 is 26.9 Å². The van der Waals surface area contributed by atoms with Gasteiger partial charge in [-0.15, -0.1) is 0 Å². The van der Waals surface area contributed by atoms with Crippen molar-refractivity contribution in [1.29, 1.82) is 0 Å². The smallest absolute Gasteiger partial charge is 0.239 e. The molecule has 0 aliphatic heterocycles. The third-order valence-electron chi connectivity index (χ3n) is 4.39. The van der Waals surface area contributed by atoms with Crippen LogP contribution in [0.4, 0.5) is 5.82 Å². The highest BCUT2D eigenvalue weighted by Crippen LogP contribution is 2.25. The van der Waals surface area contributed by atoms with Crippen molar-refractivity contribution in [2.75, 3.05) is 39.1 Å². The van der Waals surface area contributed by atoms with Crippen molar-refractivity contribution in [3.05, 3.63) is 42.9 Å². The largest absolute Gasteiger partial charge is 0.358 e. The van der Waals surface area contributed by atoms with Crippen LogP contribution in [0.25, 0.3) is 22.2 Å². The summed E-state index contributed by atoms with van der Waals surface area (Å²) < 4.78 is 23.2. The van der Waals surface area contributed by atoms with Gasteiger partial charge in [0.2, 0.25) is 10.0 Å². The van der Waals surface area contributed by atoms with Gasteiger partial charge < -0.3 is 9.80 Å². The van der Waals surface area contributed by atoms with Crippen LogP contribution in [0.3, 0.4) is 0 Å². The molecule has 0 bridgehead atoms. The molecule has 3 rings (SSSR count). The topological polar surface area (TPSA) is 105 Å². The molecule has 0 spiro atoms. The molecule has 9 heteroatoms. The molecule has 28 heavy (non-hydrogen) atoms. The van der Waals surface area contributed by atoms with Gasteiger partial charge in [0.25, 0.3) is 0 Å². The fourth-order valence-corrected chi connectivity index (χ4v) is 3.34. The molecule has 2 heterocycles.